The van der Waals surface area contributed by atoms with Gasteiger partial charge >= 0.3 is 0 Å². The average molecular weight is 312 g/mol. The highest BCUT2D eigenvalue weighted by Crippen LogP contribution is 2.25. The molecule has 0 spiro atoms. The minimum atomic E-state index is -1.33. The highest BCUT2D eigenvalue weighted by Gasteiger charge is 2.29. The number of benzene rings is 1. The number of para-hydroxylation sites is 1. The van der Waals surface area contributed by atoms with Crippen molar-refractivity contribution in [1.29, 1.82) is 5.26 Å². The van der Waals surface area contributed by atoms with Gasteiger partial charge in [-0.15, -0.1) is 11.3 Å². The number of aryl methyl sites for hydroxylation is 2. The number of nitrogens with one attached hydrogen (secondary N) is 1. The minimum absolute atomic E-state index is 0.441. The smallest absolute Gasteiger partial charge is 0.249 e. The Morgan fingerprint density at radius 3 is 2.55 bits per heavy atom. The molecule has 2 rings (SSSR count). The Balaban J connectivity index is 2.18. The van der Waals surface area contributed by atoms with E-state index in [1.165, 1.54) is 11.3 Å². The molecule has 1 aromatic carbocycles. The van der Waals surface area contributed by atoms with E-state index in [0.29, 0.717) is 10.6 Å². The van der Waals surface area contributed by atoms with Crippen LogP contribution in [0.5, 0.6) is 0 Å². The Bertz CT molecular complexity index is 729. The zero-order valence-corrected chi connectivity index (χ0v) is 13.2. The fourth-order valence-electron chi connectivity index (χ4n) is 2.11. The van der Waals surface area contributed by atoms with Crippen LogP contribution in [0.25, 0.3) is 0 Å². The molecule has 0 bridgehead atoms. The average Bonchev–Trinajstić information content (AvgIpc) is 2.90. The molecule has 0 unspecified atom stereocenters. The van der Waals surface area contributed by atoms with Crippen LogP contribution in [0.3, 0.4) is 0 Å². The molecule has 1 aromatic heterocycles. The van der Waals surface area contributed by atoms with Gasteiger partial charge in [0.1, 0.15) is 0 Å². The topological polar surface area (TPSA) is 70.0 Å². The first-order chi connectivity index (χ1) is 10.6. The summed E-state index contributed by atoms with van der Waals surface area (Å²) in [5, 5.41) is 11.8. The van der Waals surface area contributed by atoms with Gasteiger partial charge in [0, 0.05) is 10.6 Å². The summed E-state index contributed by atoms with van der Waals surface area (Å²) in [7, 11) is 0. The molecule has 1 atom stereocenters. The number of anilines is 1. The van der Waals surface area contributed by atoms with Crippen molar-refractivity contribution in [3.05, 3.63) is 51.7 Å². The van der Waals surface area contributed by atoms with Crippen LogP contribution in [-0.2, 0) is 11.2 Å². The number of Topliss-reactive ketones (excluding diaryl/α,β-unsaturated/α-hetero) is 1. The number of amides is 1. The molecule has 4 nitrogen and oxygen atoms in total. The molecule has 1 heterocycles. The third-order valence-corrected chi connectivity index (χ3v) is 4.68. The zero-order valence-electron chi connectivity index (χ0n) is 12.4. The number of ketones is 1. The van der Waals surface area contributed by atoms with Crippen molar-refractivity contribution in [2.45, 2.75) is 20.3 Å². The van der Waals surface area contributed by atoms with Crippen molar-refractivity contribution in [3.63, 3.8) is 0 Å². The predicted octanol–water partition coefficient (Wildman–Crippen LogP) is 3.58. The number of carbonyl (C=O) groups is 2. The lowest BCUT2D eigenvalue weighted by Crippen LogP contribution is -2.28. The molecule has 2 aromatic rings. The van der Waals surface area contributed by atoms with Crippen molar-refractivity contribution in [3.8, 4) is 6.07 Å². The molecule has 0 saturated carbocycles. The summed E-state index contributed by atoms with van der Waals surface area (Å²) in [6.07, 6.45) is 0.831. The Morgan fingerprint density at radius 1 is 1.32 bits per heavy atom. The van der Waals surface area contributed by atoms with Gasteiger partial charge < -0.3 is 5.32 Å². The van der Waals surface area contributed by atoms with E-state index in [-0.39, 0.29) is 0 Å². The SMILES string of the molecule is CCc1sc(C(=O)[C@H](C#N)C(=O)Nc2ccccc2)cc1C. The summed E-state index contributed by atoms with van der Waals surface area (Å²) < 4.78 is 0. The quantitative estimate of drug-likeness (QED) is 0.677. The highest BCUT2D eigenvalue weighted by molar-refractivity contribution is 7.14. The molecular weight excluding hydrogens is 296 g/mol. The summed E-state index contributed by atoms with van der Waals surface area (Å²) in [4.78, 5) is 26.1. The maximum Gasteiger partial charge on any atom is 0.249 e. The first kappa shape index (κ1) is 15.9. The second-order valence-corrected chi connectivity index (χ2v) is 5.99. The van der Waals surface area contributed by atoms with Crippen molar-refractivity contribution in [2.24, 2.45) is 5.92 Å². The highest BCUT2D eigenvalue weighted by atomic mass is 32.1. The number of hydrogen-bond donors (Lipinski definition) is 1. The van der Waals surface area contributed by atoms with E-state index < -0.39 is 17.6 Å². The number of nitrogens with zero attached hydrogens (tertiary/aromatic N) is 1. The minimum Gasteiger partial charge on any atom is -0.325 e. The van der Waals surface area contributed by atoms with Gasteiger partial charge in [-0.3, -0.25) is 9.59 Å². The Morgan fingerprint density at radius 2 is 2.00 bits per heavy atom. The fourth-order valence-corrected chi connectivity index (χ4v) is 3.19. The maximum atomic E-state index is 12.4. The molecule has 1 N–H and O–H groups in total. The first-order valence-corrected chi connectivity index (χ1v) is 7.77. The van der Waals surface area contributed by atoms with Crippen LogP contribution in [0, 0.1) is 24.2 Å². The molecule has 0 aliphatic carbocycles. The van der Waals surface area contributed by atoms with Crippen molar-refractivity contribution < 1.29 is 9.59 Å². The molecule has 0 aliphatic heterocycles. The number of rotatable bonds is 5. The molecule has 112 valence electrons. The van der Waals surface area contributed by atoms with Gasteiger partial charge in [-0.1, -0.05) is 25.1 Å². The summed E-state index contributed by atoms with van der Waals surface area (Å²) in [6.45, 7) is 3.94. The summed E-state index contributed by atoms with van der Waals surface area (Å²) in [5.74, 6) is -2.37. The Kier molecular flexibility index (Phi) is 5.08. The molecule has 22 heavy (non-hydrogen) atoms. The monoisotopic (exact) mass is 312 g/mol. The number of nitriles is 1. The van der Waals surface area contributed by atoms with Crippen molar-refractivity contribution in [2.75, 3.05) is 5.32 Å². The van der Waals surface area contributed by atoms with E-state index in [2.05, 4.69) is 5.32 Å². The standard InChI is InChI=1S/C17H16N2O2S/c1-3-14-11(2)9-15(22-14)16(20)13(10-18)17(21)19-12-7-5-4-6-8-12/h4-9,13H,3H2,1-2H3,(H,19,21)/t13-/m0/s1. The largest absolute Gasteiger partial charge is 0.325 e. The van der Waals surface area contributed by atoms with E-state index in [0.717, 1.165) is 16.9 Å². The van der Waals surface area contributed by atoms with Gasteiger partial charge in [0.15, 0.2) is 11.7 Å². The van der Waals surface area contributed by atoms with E-state index in [9.17, 15) is 14.9 Å². The van der Waals surface area contributed by atoms with Crippen LogP contribution in [0.1, 0.15) is 27.0 Å². The molecule has 0 aliphatic rings. The lowest BCUT2D eigenvalue weighted by atomic mass is 10.0. The van der Waals surface area contributed by atoms with Crippen LogP contribution >= 0.6 is 11.3 Å². The lowest BCUT2D eigenvalue weighted by molar-refractivity contribution is -0.117. The van der Waals surface area contributed by atoms with E-state index in [4.69, 9.17) is 0 Å². The predicted molar refractivity (Wildman–Crippen MR) is 86.9 cm³/mol. The second-order valence-electron chi connectivity index (χ2n) is 4.85. The molecule has 5 heteroatoms. The Hall–Kier alpha value is -2.45. The van der Waals surface area contributed by atoms with Crippen molar-refractivity contribution >= 4 is 28.7 Å². The van der Waals surface area contributed by atoms with Crippen LogP contribution in [0.15, 0.2) is 36.4 Å². The van der Waals surface area contributed by atoms with Crippen LogP contribution in [0.4, 0.5) is 5.69 Å². The normalized spacial score (nSPS) is 11.5. The summed E-state index contributed by atoms with van der Waals surface area (Å²) in [6, 6.07) is 12.4. The van der Waals surface area contributed by atoms with E-state index in [1.807, 2.05) is 26.0 Å². The molecule has 0 saturated heterocycles. The van der Waals surface area contributed by atoms with Gasteiger partial charge in [-0.2, -0.15) is 5.26 Å². The molecule has 1 amide bonds. The van der Waals surface area contributed by atoms with Crippen LogP contribution in [-0.4, -0.2) is 11.7 Å². The number of thiophene rings is 1. The van der Waals surface area contributed by atoms with Gasteiger partial charge in [0.25, 0.3) is 0 Å². The third-order valence-electron chi connectivity index (χ3n) is 3.28. The zero-order chi connectivity index (χ0) is 16.1. The van der Waals surface area contributed by atoms with Gasteiger partial charge in [0.2, 0.25) is 5.91 Å². The lowest BCUT2D eigenvalue weighted by Gasteiger charge is -2.08. The van der Waals surface area contributed by atoms with Crippen molar-refractivity contribution in [1.82, 2.24) is 0 Å². The summed E-state index contributed by atoms with van der Waals surface area (Å²) >= 11 is 1.35. The van der Waals surface area contributed by atoms with Gasteiger partial charge in [-0.25, -0.2) is 0 Å². The van der Waals surface area contributed by atoms with Gasteiger partial charge in [-0.05, 0) is 37.1 Å². The maximum absolute atomic E-state index is 12.4. The number of hydrogen-bond acceptors (Lipinski definition) is 4. The first-order valence-electron chi connectivity index (χ1n) is 6.95. The van der Waals surface area contributed by atoms with E-state index in [1.54, 1.807) is 30.3 Å². The number of carbonyl (C=O) groups excluding carboxylic acids is 2. The summed E-state index contributed by atoms with van der Waals surface area (Å²) in [5.41, 5.74) is 1.59. The van der Waals surface area contributed by atoms with Crippen LogP contribution in [0.2, 0.25) is 0 Å². The van der Waals surface area contributed by atoms with Gasteiger partial charge in [0.05, 0.1) is 10.9 Å². The van der Waals surface area contributed by atoms with E-state index >= 15 is 0 Å². The Labute approximate surface area is 133 Å². The molecular formula is C17H16N2O2S. The second kappa shape index (κ2) is 7.01. The van der Waals surface area contributed by atoms with Crippen LogP contribution < -0.4 is 5.32 Å². The molecule has 0 radical (unpaired) electrons. The third kappa shape index (κ3) is 3.41. The molecule has 0 fully saturated rings. The fraction of sp³-hybridized carbons (Fsp3) is 0.235.